The SMILES string of the molecule is CC[C@@H](NC(=O)c1cccc2ccccc12)C(=O)O. The quantitative estimate of drug-likeness (QED) is 0.884. The monoisotopic (exact) mass is 257 g/mol. The Kier molecular flexibility index (Phi) is 3.80. The summed E-state index contributed by atoms with van der Waals surface area (Å²) in [7, 11) is 0. The van der Waals surface area contributed by atoms with Gasteiger partial charge in [-0.15, -0.1) is 0 Å². The zero-order valence-corrected chi connectivity index (χ0v) is 10.6. The number of aliphatic carboxylic acids is 1. The Morgan fingerprint density at radius 2 is 1.84 bits per heavy atom. The topological polar surface area (TPSA) is 66.4 Å². The van der Waals surface area contributed by atoms with Crippen molar-refractivity contribution in [2.45, 2.75) is 19.4 Å². The lowest BCUT2D eigenvalue weighted by atomic mass is 10.0. The van der Waals surface area contributed by atoms with Crippen molar-refractivity contribution in [2.75, 3.05) is 0 Å². The molecule has 4 heteroatoms. The molecule has 0 heterocycles. The highest BCUT2D eigenvalue weighted by Gasteiger charge is 2.19. The van der Waals surface area contributed by atoms with Gasteiger partial charge >= 0.3 is 5.97 Å². The normalized spacial score (nSPS) is 12.1. The highest BCUT2D eigenvalue weighted by molar-refractivity contribution is 6.07. The molecule has 0 unspecified atom stereocenters. The molecule has 2 N–H and O–H groups in total. The molecule has 0 aliphatic heterocycles. The second-order valence-electron chi connectivity index (χ2n) is 4.30. The standard InChI is InChI=1S/C15H15NO3/c1-2-13(15(18)19)16-14(17)12-9-5-7-10-6-3-4-8-11(10)12/h3-9,13H,2H2,1H3,(H,16,17)(H,18,19)/t13-/m1/s1. The van der Waals surface area contributed by atoms with E-state index in [1.54, 1.807) is 19.1 Å². The molecule has 2 aromatic rings. The number of rotatable bonds is 4. The van der Waals surface area contributed by atoms with Crippen molar-refractivity contribution < 1.29 is 14.7 Å². The fourth-order valence-corrected chi connectivity index (χ4v) is 2.00. The van der Waals surface area contributed by atoms with E-state index in [1.165, 1.54) is 0 Å². The van der Waals surface area contributed by atoms with Crippen LogP contribution in [-0.4, -0.2) is 23.0 Å². The van der Waals surface area contributed by atoms with E-state index in [0.717, 1.165) is 10.8 Å². The largest absolute Gasteiger partial charge is 0.480 e. The van der Waals surface area contributed by atoms with E-state index in [2.05, 4.69) is 5.32 Å². The van der Waals surface area contributed by atoms with Gasteiger partial charge in [0, 0.05) is 5.56 Å². The number of benzene rings is 2. The minimum Gasteiger partial charge on any atom is -0.480 e. The van der Waals surface area contributed by atoms with Crippen LogP contribution in [0.2, 0.25) is 0 Å². The number of fused-ring (bicyclic) bond motifs is 1. The zero-order chi connectivity index (χ0) is 13.8. The Hall–Kier alpha value is -2.36. The van der Waals surface area contributed by atoms with Crippen LogP contribution in [0, 0.1) is 0 Å². The van der Waals surface area contributed by atoms with Gasteiger partial charge in [-0.1, -0.05) is 43.3 Å². The molecular weight excluding hydrogens is 242 g/mol. The van der Waals surface area contributed by atoms with Crippen LogP contribution in [0.1, 0.15) is 23.7 Å². The summed E-state index contributed by atoms with van der Waals surface area (Å²) in [6.07, 6.45) is 0.353. The molecule has 0 saturated carbocycles. The van der Waals surface area contributed by atoms with Gasteiger partial charge in [-0.3, -0.25) is 4.79 Å². The van der Waals surface area contributed by atoms with Crippen LogP contribution in [0.3, 0.4) is 0 Å². The highest BCUT2D eigenvalue weighted by atomic mass is 16.4. The third-order valence-electron chi connectivity index (χ3n) is 3.05. The molecule has 0 fully saturated rings. The van der Waals surface area contributed by atoms with Crippen LogP contribution in [-0.2, 0) is 4.79 Å². The maximum atomic E-state index is 12.2. The third-order valence-corrected chi connectivity index (χ3v) is 3.05. The molecule has 0 saturated heterocycles. The summed E-state index contributed by atoms with van der Waals surface area (Å²) < 4.78 is 0. The van der Waals surface area contributed by atoms with Crippen LogP contribution in [0.25, 0.3) is 10.8 Å². The van der Waals surface area contributed by atoms with E-state index >= 15 is 0 Å². The van der Waals surface area contributed by atoms with Gasteiger partial charge in [0.25, 0.3) is 5.91 Å². The first-order valence-electron chi connectivity index (χ1n) is 6.15. The summed E-state index contributed by atoms with van der Waals surface area (Å²) in [5, 5.41) is 13.3. The lowest BCUT2D eigenvalue weighted by Crippen LogP contribution is -2.40. The van der Waals surface area contributed by atoms with Crippen molar-refractivity contribution in [3.63, 3.8) is 0 Å². The van der Waals surface area contributed by atoms with Gasteiger partial charge in [0.1, 0.15) is 6.04 Å². The number of hydrogen-bond donors (Lipinski definition) is 2. The Labute approximate surface area is 111 Å². The van der Waals surface area contributed by atoms with Gasteiger partial charge in [-0.25, -0.2) is 4.79 Å². The fourth-order valence-electron chi connectivity index (χ4n) is 2.00. The number of amides is 1. The number of carboxylic acids is 1. The van der Waals surface area contributed by atoms with E-state index in [9.17, 15) is 9.59 Å². The maximum Gasteiger partial charge on any atom is 0.326 e. The number of carboxylic acid groups (broad SMARTS) is 1. The predicted molar refractivity (Wildman–Crippen MR) is 73.1 cm³/mol. The Bertz CT molecular complexity index is 616. The molecule has 2 aromatic carbocycles. The molecular formula is C15H15NO3. The second kappa shape index (κ2) is 5.52. The predicted octanol–water partition coefficient (Wildman–Crippen LogP) is 2.43. The van der Waals surface area contributed by atoms with Gasteiger partial charge in [0.2, 0.25) is 0 Å². The minimum atomic E-state index is -1.02. The molecule has 0 bridgehead atoms. The van der Waals surface area contributed by atoms with Crippen LogP contribution < -0.4 is 5.32 Å². The minimum absolute atomic E-state index is 0.353. The van der Waals surface area contributed by atoms with Crippen LogP contribution in [0.4, 0.5) is 0 Å². The van der Waals surface area contributed by atoms with E-state index in [-0.39, 0.29) is 5.91 Å². The lowest BCUT2D eigenvalue weighted by molar-refractivity contribution is -0.139. The van der Waals surface area contributed by atoms with Crippen LogP contribution >= 0.6 is 0 Å². The summed E-state index contributed by atoms with van der Waals surface area (Å²) >= 11 is 0. The van der Waals surface area contributed by atoms with Gasteiger partial charge in [0.05, 0.1) is 0 Å². The van der Waals surface area contributed by atoms with Crippen molar-refractivity contribution in [1.29, 1.82) is 0 Å². The summed E-state index contributed by atoms with van der Waals surface area (Å²) in [6.45, 7) is 1.72. The number of carbonyl (C=O) groups is 2. The summed E-state index contributed by atoms with van der Waals surface area (Å²) in [5.41, 5.74) is 0.498. The summed E-state index contributed by atoms with van der Waals surface area (Å²) in [5.74, 6) is -1.37. The first-order valence-corrected chi connectivity index (χ1v) is 6.15. The molecule has 0 aliphatic rings. The van der Waals surface area contributed by atoms with Crippen molar-refractivity contribution in [3.8, 4) is 0 Å². The average molecular weight is 257 g/mol. The van der Waals surface area contributed by atoms with E-state index < -0.39 is 12.0 Å². The van der Waals surface area contributed by atoms with E-state index in [1.807, 2.05) is 30.3 Å². The molecule has 0 aromatic heterocycles. The molecule has 2 rings (SSSR count). The second-order valence-corrected chi connectivity index (χ2v) is 4.30. The highest BCUT2D eigenvalue weighted by Crippen LogP contribution is 2.18. The van der Waals surface area contributed by atoms with Gasteiger partial charge in [-0.05, 0) is 23.3 Å². The summed E-state index contributed by atoms with van der Waals surface area (Å²) in [4.78, 5) is 23.1. The lowest BCUT2D eigenvalue weighted by Gasteiger charge is -2.13. The van der Waals surface area contributed by atoms with Crippen molar-refractivity contribution >= 4 is 22.6 Å². The fraction of sp³-hybridized carbons (Fsp3) is 0.200. The van der Waals surface area contributed by atoms with Crippen LogP contribution in [0.5, 0.6) is 0 Å². The van der Waals surface area contributed by atoms with E-state index in [4.69, 9.17) is 5.11 Å². The summed E-state index contributed by atoms with van der Waals surface area (Å²) in [6, 6.07) is 12.1. The van der Waals surface area contributed by atoms with Gasteiger partial charge in [0.15, 0.2) is 0 Å². The molecule has 0 radical (unpaired) electrons. The molecule has 1 amide bonds. The molecule has 1 atom stereocenters. The van der Waals surface area contributed by atoms with Crippen molar-refractivity contribution in [3.05, 3.63) is 48.0 Å². The molecule has 98 valence electrons. The Balaban J connectivity index is 2.34. The molecule has 0 spiro atoms. The smallest absolute Gasteiger partial charge is 0.326 e. The first kappa shape index (κ1) is 13.1. The van der Waals surface area contributed by atoms with Gasteiger partial charge in [-0.2, -0.15) is 0 Å². The maximum absolute atomic E-state index is 12.2. The molecule has 4 nitrogen and oxygen atoms in total. The molecule has 19 heavy (non-hydrogen) atoms. The number of carbonyl (C=O) groups excluding carboxylic acids is 1. The number of nitrogens with one attached hydrogen (secondary N) is 1. The van der Waals surface area contributed by atoms with Crippen molar-refractivity contribution in [1.82, 2.24) is 5.32 Å². The first-order chi connectivity index (χ1) is 9.13. The zero-order valence-electron chi connectivity index (χ0n) is 10.6. The average Bonchev–Trinajstić information content (AvgIpc) is 2.43. The van der Waals surface area contributed by atoms with Gasteiger partial charge < -0.3 is 10.4 Å². The van der Waals surface area contributed by atoms with Crippen LogP contribution in [0.15, 0.2) is 42.5 Å². The van der Waals surface area contributed by atoms with Crippen molar-refractivity contribution in [2.24, 2.45) is 0 Å². The Morgan fingerprint density at radius 1 is 1.16 bits per heavy atom. The Morgan fingerprint density at radius 3 is 2.53 bits per heavy atom. The molecule has 0 aliphatic carbocycles. The third kappa shape index (κ3) is 2.73. The van der Waals surface area contributed by atoms with E-state index in [0.29, 0.717) is 12.0 Å². The number of hydrogen-bond acceptors (Lipinski definition) is 2.